The molecule has 1 aromatic carbocycles. The number of nitrogens with one attached hydrogen (secondary N) is 1. The van der Waals surface area contributed by atoms with Crippen molar-refractivity contribution in [1.82, 2.24) is 4.90 Å². The maximum atomic E-state index is 12.4. The van der Waals surface area contributed by atoms with Crippen molar-refractivity contribution in [3.63, 3.8) is 0 Å². The van der Waals surface area contributed by atoms with Gasteiger partial charge < -0.3 is 15.3 Å². The van der Waals surface area contributed by atoms with Crippen molar-refractivity contribution in [2.75, 3.05) is 18.4 Å². The number of carboxylic acids is 1. The molecule has 1 amide bonds. The molecule has 0 aliphatic carbocycles. The van der Waals surface area contributed by atoms with Gasteiger partial charge in [-0.25, -0.2) is 0 Å². The molecule has 0 radical (unpaired) electrons. The molecule has 2 N–H and O–H groups in total. The van der Waals surface area contributed by atoms with Crippen molar-refractivity contribution in [2.45, 2.75) is 25.8 Å². The first-order valence-corrected chi connectivity index (χ1v) is 6.97. The second-order valence-electron chi connectivity index (χ2n) is 5.19. The second-order valence-corrected chi connectivity index (χ2v) is 5.19. The van der Waals surface area contributed by atoms with Gasteiger partial charge in [0.2, 0.25) is 0 Å². The van der Waals surface area contributed by atoms with Gasteiger partial charge in [0.1, 0.15) is 11.6 Å². The Morgan fingerprint density at radius 2 is 2.00 bits per heavy atom. The Morgan fingerprint density at radius 1 is 1.36 bits per heavy atom. The third-order valence-corrected chi connectivity index (χ3v) is 3.57. The highest BCUT2D eigenvalue weighted by Crippen LogP contribution is 2.26. The van der Waals surface area contributed by atoms with Crippen LogP contribution in [0.25, 0.3) is 0 Å². The van der Waals surface area contributed by atoms with E-state index in [0.29, 0.717) is 18.8 Å². The minimum absolute atomic E-state index is 0.0190. The van der Waals surface area contributed by atoms with Crippen molar-refractivity contribution in [3.05, 3.63) is 33.9 Å². The van der Waals surface area contributed by atoms with Gasteiger partial charge in [0.15, 0.2) is 0 Å². The number of rotatable bonds is 5. The number of carbonyl (C=O) groups is 2. The molecule has 0 unspecified atom stereocenters. The quantitative estimate of drug-likeness (QED) is 0.632. The van der Waals surface area contributed by atoms with E-state index in [1.807, 2.05) is 0 Å². The minimum Gasteiger partial charge on any atom is -0.480 e. The zero-order chi connectivity index (χ0) is 16.3. The lowest BCUT2D eigenvalue weighted by Crippen LogP contribution is -2.29. The molecule has 0 saturated carbocycles. The fraction of sp³-hybridized carbons (Fsp3) is 0.429. The molecular weight excluding hydrogens is 290 g/mol. The number of nitro benzene ring substituents is 1. The Morgan fingerprint density at radius 3 is 2.55 bits per heavy atom. The highest BCUT2D eigenvalue weighted by molar-refractivity contribution is 5.99. The van der Waals surface area contributed by atoms with Crippen LogP contribution in [0.1, 0.15) is 30.1 Å². The van der Waals surface area contributed by atoms with E-state index in [1.54, 1.807) is 4.90 Å². The van der Waals surface area contributed by atoms with Gasteiger partial charge >= 0.3 is 5.97 Å². The van der Waals surface area contributed by atoms with Crippen LogP contribution in [-0.2, 0) is 4.79 Å². The van der Waals surface area contributed by atoms with Crippen LogP contribution in [-0.4, -0.2) is 45.9 Å². The first-order valence-electron chi connectivity index (χ1n) is 6.97. The minimum atomic E-state index is -1.05. The fourth-order valence-electron chi connectivity index (χ4n) is 2.36. The Kier molecular flexibility index (Phi) is 4.59. The molecule has 0 aromatic heterocycles. The van der Waals surface area contributed by atoms with Crippen LogP contribution >= 0.6 is 0 Å². The van der Waals surface area contributed by atoms with E-state index in [4.69, 9.17) is 5.11 Å². The topological polar surface area (TPSA) is 113 Å². The largest absolute Gasteiger partial charge is 0.480 e. The zero-order valence-electron chi connectivity index (χ0n) is 12.1. The van der Waals surface area contributed by atoms with Gasteiger partial charge in [-0.15, -0.1) is 0 Å². The van der Waals surface area contributed by atoms with Crippen molar-refractivity contribution in [1.29, 1.82) is 0 Å². The number of anilines is 1. The highest BCUT2D eigenvalue weighted by Gasteiger charge is 2.27. The van der Waals surface area contributed by atoms with Crippen LogP contribution in [0.4, 0.5) is 11.4 Å². The lowest BCUT2D eigenvalue weighted by atomic mass is 10.1. The molecule has 1 fully saturated rings. The number of amides is 1. The number of carbonyl (C=O) groups excluding carboxylic acids is 1. The average molecular weight is 307 g/mol. The van der Waals surface area contributed by atoms with Gasteiger partial charge in [0.25, 0.3) is 11.6 Å². The molecule has 118 valence electrons. The first-order chi connectivity index (χ1) is 10.4. The number of hydrogen-bond donors (Lipinski definition) is 2. The highest BCUT2D eigenvalue weighted by atomic mass is 16.6. The van der Waals surface area contributed by atoms with Crippen molar-refractivity contribution in [2.24, 2.45) is 0 Å². The molecule has 1 aliphatic heterocycles. The molecule has 8 heteroatoms. The van der Waals surface area contributed by atoms with Crippen LogP contribution < -0.4 is 5.32 Å². The van der Waals surface area contributed by atoms with E-state index in [-0.39, 0.29) is 11.3 Å². The van der Waals surface area contributed by atoms with Gasteiger partial charge in [-0.1, -0.05) is 0 Å². The van der Waals surface area contributed by atoms with Gasteiger partial charge in [0, 0.05) is 24.8 Å². The Bertz CT molecular complexity index is 610. The monoisotopic (exact) mass is 307 g/mol. The number of carboxylic acid groups (broad SMARTS) is 1. The molecule has 22 heavy (non-hydrogen) atoms. The second kappa shape index (κ2) is 6.42. The standard InChI is InChI=1S/C14H17N3O5/c1-9(14(19)20)15-10-4-5-12(17(21)22)11(8-10)13(18)16-6-2-3-7-16/h4-5,8-9,15H,2-3,6-7H2,1H3,(H,19,20)/t9-/m0/s1. The lowest BCUT2D eigenvalue weighted by molar-refractivity contribution is -0.385. The number of nitrogens with zero attached hydrogens (tertiary/aromatic N) is 2. The maximum absolute atomic E-state index is 12.4. The fourth-order valence-corrected chi connectivity index (χ4v) is 2.36. The van der Waals surface area contributed by atoms with Crippen LogP contribution in [0.15, 0.2) is 18.2 Å². The summed E-state index contributed by atoms with van der Waals surface area (Å²) in [6, 6.07) is 3.10. The van der Waals surface area contributed by atoms with E-state index < -0.39 is 22.8 Å². The van der Waals surface area contributed by atoms with E-state index in [0.717, 1.165) is 12.8 Å². The Balaban J connectivity index is 2.33. The third kappa shape index (κ3) is 3.33. The summed E-state index contributed by atoms with van der Waals surface area (Å²) in [5, 5.41) is 22.7. The summed E-state index contributed by atoms with van der Waals surface area (Å²) in [4.78, 5) is 35.4. The maximum Gasteiger partial charge on any atom is 0.325 e. The SMILES string of the molecule is C[C@H](Nc1ccc([N+](=O)[O-])c(C(=O)N2CCCC2)c1)C(=O)O. The van der Waals surface area contributed by atoms with Crippen molar-refractivity contribution in [3.8, 4) is 0 Å². The number of benzene rings is 1. The molecule has 2 rings (SSSR count). The molecule has 1 aromatic rings. The van der Waals surface area contributed by atoms with E-state index in [9.17, 15) is 19.7 Å². The number of hydrogen-bond acceptors (Lipinski definition) is 5. The molecular formula is C14H17N3O5. The third-order valence-electron chi connectivity index (χ3n) is 3.57. The van der Waals surface area contributed by atoms with Crippen LogP contribution in [0, 0.1) is 10.1 Å². The molecule has 1 heterocycles. The van der Waals surface area contributed by atoms with E-state index in [1.165, 1.54) is 25.1 Å². The molecule has 1 aliphatic rings. The summed E-state index contributed by atoms with van der Waals surface area (Å²) < 4.78 is 0. The van der Waals surface area contributed by atoms with Gasteiger partial charge in [-0.3, -0.25) is 19.7 Å². The van der Waals surface area contributed by atoms with Crippen molar-refractivity contribution >= 4 is 23.3 Å². The summed E-state index contributed by atoms with van der Waals surface area (Å²) in [6.45, 7) is 2.62. The summed E-state index contributed by atoms with van der Waals surface area (Å²) >= 11 is 0. The lowest BCUT2D eigenvalue weighted by Gasteiger charge is -2.17. The Hall–Kier alpha value is -2.64. The smallest absolute Gasteiger partial charge is 0.325 e. The summed E-state index contributed by atoms with van der Waals surface area (Å²) in [6.07, 6.45) is 1.76. The van der Waals surface area contributed by atoms with Crippen LogP contribution in [0.3, 0.4) is 0 Å². The average Bonchev–Trinajstić information content (AvgIpc) is 3.00. The van der Waals surface area contributed by atoms with E-state index in [2.05, 4.69) is 5.32 Å². The van der Waals surface area contributed by atoms with E-state index >= 15 is 0 Å². The van der Waals surface area contributed by atoms with Gasteiger partial charge in [0.05, 0.1) is 4.92 Å². The predicted octanol–water partition coefficient (Wildman–Crippen LogP) is 1.72. The predicted molar refractivity (Wildman–Crippen MR) is 79.0 cm³/mol. The van der Waals surface area contributed by atoms with Gasteiger partial charge in [-0.05, 0) is 31.9 Å². The van der Waals surface area contributed by atoms with Crippen molar-refractivity contribution < 1.29 is 19.6 Å². The molecule has 1 atom stereocenters. The normalized spacial score (nSPS) is 15.4. The number of nitro groups is 1. The first kappa shape index (κ1) is 15.7. The summed E-state index contributed by atoms with van der Waals surface area (Å²) in [5.41, 5.74) is 0.0722. The molecule has 8 nitrogen and oxygen atoms in total. The molecule has 0 bridgehead atoms. The summed E-state index contributed by atoms with van der Waals surface area (Å²) in [5.74, 6) is -1.44. The number of likely N-dealkylation sites (tertiary alicyclic amines) is 1. The zero-order valence-corrected chi connectivity index (χ0v) is 12.1. The number of aliphatic carboxylic acids is 1. The van der Waals surface area contributed by atoms with Crippen LogP contribution in [0.2, 0.25) is 0 Å². The Labute approximate surface area is 126 Å². The molecule has 0 spiro atoms. The van der Waals surface area contributed by atoms with Crippen LogP contribution in [0.5, 0.6) is 0 Å². The van der Waals surface area contributed by atoms with Gasteiger partial charge in [-0.2, -0.15) is 0 Å². The molecule has 1 saturated heterocycles. The summed E-state index contributed by atoms with van der Waals surface area (Å²) in [7, 11) is 0.